The molecule has 298 valence electrons. The molecule has 6 heteroatoms. The number of aromatic nitrogens is 2. The number of hydrogen-bond donors (Lipinski definition) is 0. The van der Waals surface area contributed by atoms with E-state index in [1.54, 1.807) is 25.2 Å². The fourth-order valence-electron chi connectivity index (χ4n) is 9.13. The summed E-state index contributed by atoms with van der Waals surface area (Å²) >= 11 is 0. The fourth-order valence-corrected chi connectivity index (χ4v) is 9.13. The lowest BCUT2D eigenvalue weighted by molar-refractivity contribution is -0.137. The Morgan fingerprint density at radius 1 is 0.557 bits per heavy atom. The van der Waals surface area contributed by atoms with Crippen molar-refractivity contribution in [3.8, 4) is 39.7 Å². The van der Waals surface area contributed by atoms with Gasteiger partial charge in [-0.3, -0.25) is 0 Å². The molecule has 0 amide bonds. The first-order valence-corrected chi connectivity index (χ1v) is 20.2. The van der Waals surface area contributed by atoms with Crippen molar-refractivity contribution in [2.75, 3.05) is 0 Å². The number of nitrogens with zero attached hydrogens (tertiary/aromatic N) is 3. The Balaban J connectivity index is 1.44. The van der Waals surface area contributed by atoms with Crippen LogP contribution in [0.2, 0.25) is 0 Å². The van der Waals surface area contributed by atoms with E-state index < -0.39 is 11.7 Å². The summed E-state index contributed by atoms with van der Waals surface area (Å²) in [6.45, 7) is 14.0. The third-order valence-electron chi connectivity index (χ3n) is 11.5. The second kappa shape index (κ2) is 15.0. The summed E-state index contributed by atoms with van der Waals surface area (Å²) in [7, 11) is 0. The van der Waals surface area contributed by atoms with E-state index in [4.69, 9.17) is 0 Å². The Kier molecular flexibility index (Phi) is 9.64. The van der Waals surface area contributed by atoms with Crippen LogP contribution < -0.4 is 0 Å². The number of hydrogen-bond acceptors (Lipinski definition) is 1. The zero-order valence-corrected chi connectivity index (χ0v) is 34.6. The van der Waals surface area contributed by atoms with Gasteiger partial charge in [0.05, 0.1) is 45.1 Å². The van der Waals surface area contributed by atoms with Gasteiger partial charge in [-0.1, -0.05) is 126 Å². The summed E-state index contributed by atoms with van der Waals surface area (Å²) < 4.78 is 50.5. The molecule has 7 aromatic carbocycles. The summed E-state index contributed by atoms with van der Waals surface area (Å²) in [5.41, 5.74) is 13.1. The van der Waals surface area contributed by atoms with Crippen LogP contribution in [0.4, 0.5) is 13.2 Å². The van der Waals surface area contributed by atoms with Gasteiger partial charge in [0.15, 0.2) is 0 Å². The van der Waals surface area contributed by atoms with Gasteiger partial charge in [0.25, 0.3) is 0 Å². The fraction of sp³-hybridized carbons (Fsp3) is 0.109. The van der Waals surface area contributed by atoms with E-state index in [2.05, 4.69) is 88.9 Å². The van der Waals surface area contributed by atoms with E-state index in [0.717, 1.165) is 88.1 Å². The second-order valence-electron chi connectivity index (χ2n) is 16.1. The van der Waals surface area contributed by atoms with Gasteiger partial charge in [0.1, 0.15) is 0 Å². The monoisotopic (exact) mass is 801 g/mol. The minimum absolute atomic E-state index is 0.322. The van der Waals surface area contributed by atoms with E-state index in [1.807, 2.05) is 81.9 Å². The normalized spacial score (nSPS) is 12.5. The van der Waals surface area contributed by atoms with Crippen LogP contribution in [-0.4, -0.2) is 9.13 Å². The molecule has 0 radical (unpaired) electrons. The van der Waals surface area contributed by atoms with Crippen LogP contribution in [0.25, 0.3) is 82.8 Å². The molecule has 0 aliphatic rings. The van der Waals surface area contributed by atoms with Gasteiger partial charge >= 0.3 is 6.18 Å². The number of fused-ring (bicyclic) bond motifs is 6. The van der Waals surface area contributed by atoms with Crippen molar-refractivity contribution < 1.29 is 13.2 Å². The molecule has 0 aliphatic heterocycles. The van der Waals surface area contributed by atoms with Crippen LogP contribution in [0.5, 0.6) is 0 Å². The Morgan fingerprint density at radius 2 is 0.984 bits per heavy atom. The molecule has 9 rings (SSSR count). The lowest BCUT2D eigenvalue weighted by Crippen LogP contribution is -2.12. The van der Waals surface area contributed by atoms with Crippen molar-refractivity contribution in [3.05, 3.63) is 197 Å². The number of nitriles is 1. The SMILES string of the molecule is C=C/C=C(\C=C(/C)C#N)c1c(-n2c3ccccc3c3cc(-c4cc(C)cc(C)c4)ccc32)cc(C(F)(F)F)cc1-n1c2ccccc2c2cc(-c3cc(C)cc(C)c3)ccc21. The lowest BCUT2D eigenvalue weighted by atomic mass is 9.95. The number of para-hydroxylation sites is 2. The molecule has 61 heavy (non-hydrogen) atoms. The average Bonchev–Trinajstić information content (AvgIpc) is 3.74. The van der Waals surface area contributed by atoms with Gasteiger partial charge in [-0.15, -0.1) is 0 Å². The van der Waals surface area contributed by atoms with Crippen molar-refractivity contribution in [2.45, 2.75) is 40.8 Å². The molecular formula is C55H42F3N3. The Hall–Kier alpha value is -7.36. The molecule has 0 spiro atoms. The molecule has 0 bridgehead atoms. The first kappa shape index (κ1) is 39.1. The highest BCUT2D eigenvalue weighted by Gasteiger charge is 2.34. The molecule has 0 fully saturated rings. The van der Waals surface area contributed by atoms with E-state index in [-0.39, 0.29) is 0 Å². The van der Waals surface area contributed by atoms with Gasteiger partial charge < -0.3 is 9.13 Å². The Labute approximate surface area is 353 Å². The third kappa shape index (κ3) is 6.92. The number of allylic oxidation sites excluding steroid dienone is 5. The van der Waals surface area contributed by atoms with Crippen LogP contribution >= 0.6 is 0 Å². The maximum atomic E-state index is 15.5. The molecule has 2 aromatic heterocycles. The molecule has 0 aliphatic carbocycles. The summed E-state index contributed by atoms with van der Waals surface area (Å²) in [6.07, 6.45) is 0.419. The Morgan fingerprint density at radius 3 is 1.39 bits per heavy atom. The van der Waals surface area contributed by atoms with Crippen LogP contribution in [-0.2, 0) is 6.18 Å². The maximum absolute atomic E-state index is 15.5. The highest BCUT2D eigenvalue weighted by molar-refractivity contribution is 6.13. The standard InChI is InChI=1S/C55H42F3N3/c1-7-12-40(27-37(6)32-59)54-52(60-48-15-10-8-13-44(48)46-28-38(17-19-50(46)60)41-23-33(2)21-34(3)24-41)30-43(55(56,57)58)31-53(54)61-49-16-11-9-14-45(49)47-29-39(18-20-51(47)61)42-25-35(4)22-36(5)26-42/h7-31H,1H2,2-6H3/b37-27+,40-12+. The minimum atomic E-state index is -4.70. The quantitative estimate of drug-likeness (QED) is 0.117. The van der Waals surface area contributed by atoms with E-state index in [0.29, 0.717) is 28.1 Å². The second-order valence-corrected chi connectivity index (χ2v) is 16.1. The van der Waals surface area contributed by atoms with E-state index in [1.165, 1.54) is 12.1 Å². The van der Waals surface area contributed by atoms with Gasteiger partial charge in [-0.05, 0) is 117 Å². The third-order valence-corrected chi connectivity index (χ3v) is 11.5. The van der Waals surface area contributed by atoms with Crippen LogP contribution in [0.15, 0.2) is 164 Å². The number of halogens is 3. The molecule has 0 N–H and O–H groups in total. The van der Waals surface area contributed by atoms with Gasteiger partial charge in [-0.25, -0.2) is 0 Å². The summed E-state index contributed by atoms with van der Waals surface area (Å²) in [5, 5.41) is 13.7. The first-order chi connectivity index (χ1) is 29.3. The van der Waals surface area contributed by atoms with Crippen molar-refractivity contribution in [3.63, 3.8) is 0 Å². The maximum Gasteiger partial charge on any atom is 0.416 e. The number of rotatable bonds is 7. The molecule has 0 atom stereocenters. The first-order valence-electron chi connectivity index (χ1n) is 20.2. The van der Waals surface area contributed by atoms with Crippen molar-refractivity contribution in [1.29, 1.82) is 5.26 Å². The minimum Gasteiger partial charge on any atom is -0.309 e. The van der Waals surface area contributed by atoms with Gasteiger partial charge in [-0.2, -0.15) is 18.4 Å². The van der Waals surface area contributed by atoms with Gasteiger partial charge in [0.2, 0.25) is 0 Å². The zero-order valence-electron chi connectivity index (χ0n) is 34.6. The topological polar surface area (TPSA) is 33.6 Å². The molecule has 2 heterocycles. The average molecular weight is 802 g/mol. The van der Waals surface area contributed by atoms with Crippen LogP contribution in [0.3, 0.4) is 0 Å². The van der Waals surface area contributed by atoms with Crippen LogP contribution in [0, 0.1) is 39.0 Å². The molecular weight excluding hydrogens is 760 g/mol. The lowest BCUT2D eigenvalue weighted by Gasteiger charge is -2.23. The number of aryl methyl sites for hydroxylation is 4. The van der Waals surface area contributed by atoms with Crippen molar-refractivity contribution >= 4 is 49.2 Å². The molecule has 0 saturated carbocycles. The van der Waals surface area contributed by atoms with E-state index >= 15 is 13.2 Å². The molecule has 9 aromatic rings. The predicted octanol–water partition coefficient (Wildman–Crippen LogP) is 15.5. The number of benzene rings is 7. The summed E-state index contributed by atoms with van der Waals surface area (Å²) in [5.74, 6) is 0. The smallest absolute Gasteiger partial charge is 0.309 e. The van der Waals surface area contributed by atoms with Crippen molar-refractivity contribution in [1.82, 2.24) is 9.13 Å². The Bertz CT molecular complexity index is 3150. The number of alkyl halides is 3. The predicted molar refractivity (Wildman–Crippen MR) is 247 cm³/mol. The zero-order chi connectivity index (χ0) is 42.7. The summed E-state index contributed by atoms with van der Waals surface area (Å²) in [6, 6.07) is 45.7. The summed E-state index contributed by atoms with van der Waals surface area (Å²) in [4.78, 5) is 0. The van der Waals surface area contributed by atoms with E-state index in [9.17, 15) is 5.26 Å². The van der Waals surface area contributed by atoms with Crippen molar-refractivity contribution in [2.24, 2.45) is 0 Å². The molecule has 0 unspecified atom stereocenters. The highest BCUT2D eigenvalue weighted by Crippen LogP contribution is 2.45. The molecule has 0 saturated heterocycles. The largest absolute Gasteiger partial charge is 0.416 e. The van der Waals surface area contributed by atoms with Crippen LogP contribution in [0.1, 0.15) is 40.3 Å². The highest BCUT2D eigenvalue weighted by atomic mass is 19.4. The van der Waals surface area contributed by atoms with Gasteiger partial charge in [0, 0.05) is 32.7 Å². The molecule has 3 nitrogen and oxygen atoms in total.